The molecule has 2 N–H and O–H groups in total. The number of aromatic amines is 2. The molecule has 0 spiro atoms. The smallest absolute Gasteiger partial charge is 0.0737 e. The second-order valence-electron chi connectivity index (χ2n) is 12.5. The molecule has 0 unspecified atom stereocenters. The molecule has 258 valence electrons. The summed E-state index contributed by atoms with van der Waals surface area (Å²) in [4.78, 5) is 18.1. The van der Waals surface area contributed by atoms with Gasteiger partial charge in [-0.1, -0.05) is 94.9 Å². The third-order valence-corrected chi connectivity index (χ3v) is 10.3. The Morgan fingerprint density at radius 1 is 0.302 bits per heavy atom. The topological polar surface area (TPSA) is 57.4 Å². The van der Waals surface area contributed by atoms with Gasteiger partial charge in [0.1, 0.15) is 0 Å². The summed E-state index contributed by atoms with van der Waals surface area (Å²) in [7, 11) is 0. The van der Waals surface area contributed by atoms with Gasteiger partial charge in [-0.3, -0.25) is 0 Å². The Kier molecular flexibility index (Phi) is 9.50. The quantitative estimate of drug-likeness (QED) is 0.187. The number of H-pyrrole nitrogens is 2. The van der Waals surface area contributed by atoms with E-state index in [-0.39, 0.29) is 12.4 Å². The molecule has 0 radical (unpaired) electrons. The molecule has 5 heterocycles. The molecule has 0 saturated carbocycles. The number of hydrogen-bond donors (Lipinski definition) is 2. The first-order chi connectivity index (χ1) is 25.4. The van der Waals surface area contributed by atoms with Crippen LogP contribution < -0.4 is 0 Å². The van der Waals surface area contributed by atoms with Crippen molar-refractivity contribution in [1.82, 2.24) is 19.9 Å². The summed E-state index contributed by atoms with van der Waals surface area (Å²) in [5.74, 6) is 0. The fourth-order valence-corrected chi connectivity index (χ4v) is 7.39. The Morgan fingerprint density at radius 2 is 0.509 bits per heavy atom. The average molecular weight is 789 g/mol. The Balaban J connectivity index is 0.00000400. The zero-order valence-corrected chi connectivity index (χ0v) is 31.5. The first kappa shape index (κ1) is 35.0. The van der Waals surface area contributed by atoms with Crippen molar-refractivity contribution in [3.05, 3.63) is 164 Å². The second-order valence-corrected chi connectivity index (χ2v) is 14.3. The van der Waals surface area contributed by atoms with E-state index in [0.717, 1.165) is 89.4 Å². The molecule has 0 aliphatic carbocycles. The van der Waals surface area contributed by atoms with Gasteiger partial charge in [0.25, 0.3) is 0 Å². The lowest BCUT2D eigenvalue weighted by molar-refractivity contribution is 1.31. The van der Waals surface area contributed by atoms with Crippen molar-refractivity contribution in [1.29, 1.82) is 0 Å². The summed E-state index contributed by atoms with van der Waals surface area (Å²) in [6.45, 7) is 0. The fourth-order valence-electron chi connectivity index (χ4n) is 6.89. The zero-order chi connectivity index (χ0) is 35.3. The first-order valence-electron chi connectivity index (χ1n) is 16.6. The van der Waals surface area contributed by atoms with Crippen LogP contribution in [0.25, 0.3) is 90.9 Å². The molecule has 53 heavy (non-hydrogen) atoms. The van der Waals surface area contributed by atoms with Gasteiger partial charge in [0.2, 0.25) is 0 Å². The van der Waals surface area contributed by atoms with Crippen LogP contribution in [-0.2, 0) is 0 Å². The van der Waals surface area contributed by atoms with E-state index < -0.39 is 0 Å². The molecule has 0 amide bonds. The van der Waals surface area contributed by atoms with Crippen molar-refractivity contribution in [2.75, 3.05) is 0 Å². The number of rotatable bonds is 4. The molecule has 2 aliphatic heterocycles. The van der Waals surface area contributed by atoms with Crippen LogP contribution in [0.3, 0.4) is 0 Å². The van der Waals surface area contributed by atoms with E-state index in [4.69, 9.17) is 56.4 Å². The standard InChI is InChI=1S/C44H26Cl4N4.ClH/c45-29-9-1-25(2-10-29)41-33-17-19-35(49-33)42(26-3-11-30(46)12-4-26)37-21-23-39(51-37)44(28-7-15-32(48)16-8-28)40-24-22-38(52-40)43(36-20-18-34(41)50-36)27-5-13-31(47)14-6-27;/h1-24,49,52H;1H. The van der Waals surface area contributed by atoms with Crippen LogP contribution >= 0.6 is 58.8 Å². The lowest BCUT2D eigenvalue weighted by atomic mass is 10.0. The van der Waals surface area contributed by atoms with Gasteiger partial charge in [-0.25, -0.2) is 9.97 Å². The molecule has 0 fully saturated rings. The highest BCUT2D eigenvalue weighted by Gasteiger charge is 2.19. The Bertz CT molecular complexity index is 2370. The Hall–Kier alpha value is -5.07. The number of aromatic nitrogens is 4. The van der Waals surface area contributed by atoms with E-state index in [1.807, 2.05) is 97.1 Å². The number of halogens is 5. The van der Waals surface area contributed by atoms with E-state index >= 15 is 0 Å². The summed E-state index contributed by atoms with van der Waals surface area (Å²) in [6, 6.07) is 39.8. The monoisotopic (exact) mass is 786 g/mol. The lowest BCUT2D eigenvalue weighted by Crippen LogP contribution is -1.89. The first-order valence-corrected chi connectivity index (χ1v) is 18.1. The van der Waals surface area contributed by atoms with Crippen molar-refractivity contribution in [2.45, 2.75) is 0 Å². The summed E-state index contributed by atoms with van der Waals surface area (Å²) >= 11 is 25.5. The van der Waals surface area contributed by atoms with E-state index in [1.54, 1.807) is 0 Å². The fraction of sp³-hybridized carbons (Fsp3) is 0. The number of benzene rings is 4. The van der Waals surface area contributed by atoms with E-state index in [9.17, 15) is 0 Å². The molecule has 4 nitrogen and oxygen atoms in total. The minimum atomic E-state index is 0. The van der Waals surface area contributed by atoms with Gasteiger partial charge in [-0.15, -0.1) is 12.4 Å². The lowest BCUT2D eigenvalue weighted by Gasteiger charge is -2.07. The van der Waals surface area contributed by atoms with E-state index in [2.05, 4.69) is 58.5 Å². The van der Waals surface area contributed by atoms with Gasteiger partial charge in [0.15, 0.2) is 0 Å². The van der Waals surface area contributed by atoms with Crippen molar-refractivity contribution < 1.29 is 0 Å². The van der Waals surface area contributed by atoms with Gasteiger partial charge in [-0.05, 0) is 119 Å². The third kappa shape index (κ3) is 6.70. The van der Waals surface area contributed by atoms with Crippen LogP contribution in [-0.4, -0.2) is 19.9 Å². The van der Waals surface area contributed by atoms with Gasteiger partial charge >= 0.3 is 0 Å². The minimum Gasteiger partial charge on any atom is -0.354 e. The normalized spacial score (nSPS) is 11.8. The van der Waals surface area contributed by atoms with Gasteiger partial charge in [-0.2, -0.15) is 0 Å². The van der Waals surface area contributed by atoms with Crippen LogP contribution in [0, 0.1) is 0 Å². The average Bonchev–Trinajstić information content (AvgIpc) is 3.99. The third-order valence-electron chi connectivity index (χ3n) is 9.29. The van der Waals surface area contributed by atoms with Crippen LogP contribution in [0.5, 0.6) is 0 Å². The molecular weight excluding hydrogens is 762 g/mol. The molecule has 3 aromatic heterocycles. The Labute approximate surface area is 331 Å². The van der Waals surface area contributed by atoms with Crippen molar-refractivity contribution >= 4 is 105 Å². The molecule has 0 atom stereocenters. The van der Waals surface area contributed by atoms with E-state index in [0.29, 0.717) is 20.1 Å². The highest BCUT2D eigenvalue weighted by atomic mass is 35.5. The predicted octanol–water partition coefficient (Wildman–Crippen LogP) is 14.4. The highest BCUT2D eigenvalue weighted by Crippen LogP contribution is 2.39. The maximum atomic E-state index is 6.37. The molecule has 9 rings (SSSR count). The van der Waals surface area contributed by atoms with Crippen LogP contribution in [0.2, 0.25) is 20.1 Å². The molecular formula is C44H27Cl5N4. The van der Waals surface area contributed by atoms with Gasteiger partial charge < -0.3 is 9.97 Å². The van der Waals surface area contributed by atoms with Gasteiger partial charge in [0.05, 0.1) is 22.8 Å². The molecule has 8 bridgehead atoms. The molecule has 0 saturated heterocycles. The largest absolute Gasteiger partial charge is 0.354 e. The van der Waals surface area contributed by atoms with Crippen LogP contribution in [0.15, 0.2) is 121 Å². The van der Waals surface area contributed by atoms with Crippen LogP contribution in [0.1, 0.15) is 22.8 Å². The summed E-state index contributed by atoms with van der Waals surface area (Å²) in [5.41, 5.74) is 14.5. The van der Waals surface area contributed by atoms with Crippen molar-refractivity contribution in [3.8, 4) is 44.5 Å². The van der Waals surface area contributed by atoms with E-state index in [1.165, 1.54) is 0 Å². The van der Waals surface area contributed by atoms with Crippen LogP contribution in [0.4, 0.5) is 0 Å². The molecule has 2 aliphatic rings. The second kappa shape index (κ2) is 14.4. The number of nitrogens with zero attached hydrogens (tertiary/aromatic N) is 2. The minimum absolute atomic E-state index is 0. The molecule has 9 heteroatoms. The van der Waals surface area contributed by atoms with Crippen molar-refractivity contribution in [2.24, 2.45) is 0 Å². The molecule has 7 aromatic rings. The van der Waals surface area contributed by atoms with Crippen molar-refractivity contribution in [3.63, 3.8) is 0 Å². The number of nitrogens with one attached hydrogen (secondary N) is 2. The maximum Gasteiger partial charge on any atom is 0.0737 e. The summed E-state index contributed by atoms with van der Waals surface area (Å²) < 4.78 is 0. The highest BCUT2D eigenvalue weighted by molar-refractivity contribution is 6.31. The zero-order valence-electron chi connectivity index (χ0n) is 27.7. The summed E-state index contributed by atoms with van der Waals surface area (Å²) in [5, 5.41) is 2.64. The maximum absolute atomic E-state index is 6.37. The summed E-state index contributed by atoms with van der Waals surface area (Å²) in [6.07, 6.45) is 8.27. The number of fused-ring (bicyclic) bond motifs is 8. The van der Waals surface area contributed by atoms with Gasteiger partial charge in [0, 0.05) is 64.4 Å². The predicted molar refractivity (Wildman–Crippen MR) is 228 cm³/mol. The SMILES string of the molecule is Cl.Clc1ccc(-c2c3nc(c(-c4ccc(Cl)cc4)c4ccc([nH]4)c(-c4ccc(Cl)cc4)c4nc(c(-c5ccc(Cl)cc5)c5ccc2[nH]5)C=C4)C=C3)cc1. The number of hydrogen-bond acceptors (Lipinski definition) is 2. The molecule has 4 aromatic carbocycles. The Morgan fingerprint density at radius 3 is 0.717 bits per heavy atom.